The summed E-state index contributed by atoms with van der Waals surface area (Å²) in [5.74, 6) is 0. The molecule has 0 unspecified atom stereocenters. The third-order valence-corrected chi connectivity index (χ3v) is 8.25. The van der Waals surface area contributed by atoms with Crippen molar-refractivity contribution in [3.63, 3.8) is 0 Å². The lowest BCUT2D eigenvalue weighted by atomic mass is 9.94. The van der Waals surface area contributed by atoms with E-state index in [4.69, 9.17) is 0 Å². The van der Waals surface area contributed by atoms with Crippen LogP contribution in [0.4, 0.5) is 24.5 Å². The van der Waals surface area contributed by atoms with Gasteiger partial charge in [0.15, 0.2) is 5.54 Å². The molecule has 1 aliphatic carbocycles. The Balaban J connectivity index is 1.51. The predicted octanol–water partition coefficient (Wildman–Crippen LogP) is 6.71. The van der Waals surface area contributed by atoms with Crippen molar-refractivity contribution in [1.29, 1.82) is 10.5 Å². The smallest absolute Gasteiger partial charge is 0.383 e. The number of alkyl halides is 3. The van der Waals surface area contributed by atoms with Gasteiger partial charge in [0, 0.05) is 47.8 Å². The van der Waals surface area contributed by atoms with Crippen molar-refractivity contribution in [2.24, 2.45) is 5.41 Å². The lowest BCUT2D eigenvalue weighted by Gasteiger charge is -2.28. The molecule has 4 N–H and O–H groups in total. The summed E-state index contributed by atoms with van der Waals surface area (Å²) in [6.07, 6.45) is 1.98. The first-order valence-corrected chi connectivity index (χ1v) is 14.6. The highest BCUT2D eigenvalue weighted by Gasteiger charge is 2.67. The van der Waals surface area contributed by atoms with Crippen molar-refractivity contribution < 1.29 is 13.2 Å². The standard InChI is InChI=1S/C33H32F3N9/c1-19-14-39-15-20-6-5-7-24(27(19)20)30(26-17-45(44-43-26)32(8-9-32)33(34,35)36)42-23-10-21(12-37)28-25(11-23)29(22(13-38)16-40-28)41-18-31(2,3)4/h5-7,10-11,14-17,30,42-44H,8-9,18H2,1-4H3,(H,40,41)/t30-/m0/s1. The Bertz CT molecular complexity index is 1920. The van der Waals surface area contributed by atoms with E-state index in [1.54, 1.807) is 18.5 Å². The number of hydrogen-bond donors (Lipinski definition) is 4. The fourth-order valence-electron chi connectivity index (χ4n) is 5.76. The van der Waals surface area contributed by atoms with E-state index in [1.165, 1.54) is 12.4 Å². The molecule has 0 bridgehead atoms. The molecule has 230 valence electrons. The van der Waals surface area contributed by atoms with Crippen LogP contribution in [0.1, 0.15) is 61.9 Å². The molecular weight excluding hydrogens is 579 g/mol. The highest BCUT2D eigenvalue weighted by Crippen LogP contribution is 2.54. The van der Waals surface area contributed by atoms with Crippen LogP contribution in [0.15, 0.2) is 60.8 Å². The first-order chi connectivity index (χ1) is 21.3. The molecule has 0 amide bonds. The van der Waals surface area contributed by atoms with Gasteiger partial charge in [0.2, 0.25) is 0 Å². The number of nitrogens with zero attached hydrogens (tertiary/aromatic N) is 5. The molecule has 0 saturated heterocycles. The van der Waals surface area contributed by atoms with E-state index in [2.05, 4.69) is 64.5 Å². The fraction of sp³-hybridized carbons (Fsp3) is 0.333. The van der Waals surface area contributed by atoms with Crippen LogP contribution in [-0.4, -0.2) is 33.2 Å². The largest absolute Gasteiger partial charge is 0.413 e. The summed E-state index contributed by atoms with van der Waals surface area (Å²) in [6, 6.07) is 13.0. The molecule has 2 aromatic heterocycles. The lowest BCUT2D eigenvalue weighted by molar-refractivity contribution is -0.195. The van der Waals surface area contributed by atoms with Crippen molar-refractivity contribution in [2.75, 3.05) is 17.2 Å². The molecule has 3 heterocycles. The van der Waals surface area contributed by atoms with Crippen LogP contribution in [0.25, 0.3) is 21.7 Å². The van der Waals surface area contributed by atoms with Crippen molar-refractivity contribution in [3.05, 3.63) is 83.1 Å². The second kappa shape index (κ2) is 10.8. The van der Waals surface area contributed by atoms with E-state index < -0.39 is 17.8 Å². The highest BCUT2D eigenvalue weighted by atomic mass is 19.4. The zero-order chi connectivity index (χ0) is 32.1. The predicted molar refractivity (Wildman–Crippen MR) is 166 cm³/mol. The minimum atomic E-state index is -4.42. The normalized spacial score (nSPS) is 16.5. The topological polar surface area (TPSA) is 125 Å². The summed E-state index contributed by atoms with van der Waals surface area (Å²) in [5, 5.41) is 30.4. The molecule has 2 aromatic carbocycles. The number of benzene rings is 2. The van der Waals surface area contributed by atoms with Crippen molar-refractivity contribution in [1.82, 2.24) is 25.9 Å². The van der Waals surface area contributed by atoms with Gasteiger partial charge >= 0.3 is 6.18 Å². The minimum Gasteiger partial charge on any atom is -0.383 e. The van der Waals surface area contributed by atoms with Crippen LogP contribution in [0, 0.1) is 35.0 Å². The molecule has 6 rings (SSSR count). The number of pyridine rings is 2. The maximum atomic E-state index is 14.0. The molecule has 0 spiro atoms. The average molecular weight is 612 g/mol. The molecule has 0 radical (unpaired) electrons. The Hall–Kier alpha value is -5.07. The van der Waals surface area contributed by atoms with Crippen molar-refractivity contribution in [3.8, 4) is 12.1 Å². The summed E-state index contributed by atoms with van der Waals surface area (Å²) in [5.41, 5.74) is 7.97. The molecule has 9 nitrogen and oxygen atoms in total. The van der Waals surface area contributed by atoms with Crippen LogP contribution in [0.3, 0.4) is 0 Å². The number of fused-ring (bicyclic) bond motifs is 2. The first kappa shape index (κ1) is 30.0. The van der Waals surface area contributed by atoms with Crippen LogP contribution >= 0.6 is 0 Å². The molecular formula is C33H32F3N9. The van der Waals surface area contributed by atoms with Crippen molar-refractivity contribution >= 4 is 33.1 Å². The third-order valence-electron chi connectivity index (χ3n) is 8.25. The second-order valence-electron chi connectivity index (χ2n) is 12.8. The Morgan fingerprint density at radius 1 is 1.07 bits per heavy atom. The van der Waals surface area contributed by atoms with Gasteiger partial charge in [0.1, 0.15) is 12.1 Å². The number of nitrogens with one attached hydrogen (secondary N) is 4. The van der Waals surface area contributed by atoms with Crippen LogP contribution in [0.2, 0.25) is 0 Å². The maximum absolute atomic E-state index is 14.0. The lowest BCUT2D eigenvalue weighted by Crippen LogP contribution is -2.52. The Morgan fingerprint density at radius 3 is 2.49 bits per heavy atom. The van der Waals surface area contributed by atoms with Gasteiger partial charge in [-0.25, -0.2) is 0 Å². The molecule has 1 atom stereocenters. The van der Waals surface area contributed by atoms with E-state index >= 15 is 0 Å². The molecule has 1 fully saturated rings. The second-order valence-corrected chi connectivity index (χ2v) is 12.8. The van der Waals surface area contributed by atoms with Gasteiger partial charge in [-0.2, -0.15) is 23.7 Å². The summed E-state index contributed by atoms with van der Waals surface area (Å²) in [6.45, 7) is 8.70. The summed E-state index contributed by atoms with van der Waals surface area (Å²) >= 11 is 0. The number of hydrogen-bond acceptors (Lipinski definition) is 9. The van der Waals surface area contributed by atoms with Gasteiger partial charge < -0.3 is 16.1 Å². The van der Waals surface area contributed by atoms with Gasteiger partial charge in [0.05, 0.1) is 34.1 Å². The number of anilines is 2. The summed E-state index contributed by atoms with van der Waals surface area (Å²) < 4.78 is 42.1. The number of aryl methyl sites for hydroxylation is 1. The van der Waals surface area contributed by atoms with E-state index in [-0.39, 0.29) is 23.8 Å². The Kier molecular flexibility index (Phi) is 7.21. The molecule has 2 aliphatic rings. The van der Waals surface area contributed by atoms with Gasteiger partial charge in [-0.3, -0.25) is 15.0 Å². The zero-order valence-corrected chi connectivity index (χ0v) is 25.3. The van der Waals surface area contributed by atoms with E-state index in [1.807, 2.05) is 31.2 Å². The quantitative estimate of drug-likeness (QED) is 0.181. The van der Waals surface area contributed by atoms with Gasteiger partial charge in [0.25, 0.3) is 0 Å². The molecule has 12 heteroatoms. The average Bonchev–Trinajstić information content (AvgIpc) is 3.69. The number of hydrazine groups is 2. The minimum absolute atomic E-state index is 0.0130. The summed E-state index contributed by atoms with van der Waals surface area (Å²) in [7, 11) is 0. The number of halogens is 3. The third kappa shape index (κ3) is 5.42. The molecule has 1 aliphatic heterocycles. The van der Waals surface area contributed by atoms with Crippen LogP contribution in [0.5, 0.6) is 0 Å². The first-order valence-electron chi connectivity index (χ1n) is 14.6. The van der Waals surface area contributed by atoms with Gasteiger partial charge in [-0.05, 0) is 53.8 Å². The maximum Gasteiger partial charge on any atom is 0.413 e. The number of nitriles is 2. The van der Waals surface area contributed by atoms with Crippen LogP contribution < -0.4 is 21.6 Å². The molecule has 4 aromatic rings. The zero-order valence-electron chi connectivity index (χ0n) is 25.3. The fourth-order valence-corrected chi connectivity index (χ4v) is 5.76. The number of aromatic nitrogens is 2. The van der Waals surface area contributed by atoms with Gasteiger partial charge in [-0.15, -0.1) is 5.53 Å². The highest BCUT2D eigenvalue weighted by molar-refractivity contribution is 5.99. The Labute approximate surface area is 258 Å². The van der Waals surface area contributed by atoms with E-state index in [9.17, 15) is 23.7 Å². The van der Waals surface area contributed by atoms with Gasteiger partial charge in [-0.1, -0.05) is 39.0 Å². The van der Waals surface area contributed by atoms with Crippen LogP contribution in [-0.2, 0) is 0 Å². The van der Waals surface area contributed by atoms with Crippen molar-refractivity contribution in [2.45, 2.75) is 58.3 Å². The molecule has 45 heavy (non-hydrogen) atoms. The van der Waals surface area contributed by atoms with E-state index in [0.717, 1.165) is 26.9 Å². The summed E-state index contributed by atoms with van der Waals surface area (Å²) in [4.78, 5) is 8.76. The van der Waals surface area contributed by atoms with E-state index in [0.29, 0.717) is 40.1 Å². The Morgan fingerprint density at radius 2 is 1.82 bits per heavy atom. The molecule has 1 saturated carbocycles. The monoisotopic (exact) mass is 611 g/mol. The number of rotatable bonds is 7. The SMILES string of the molecule is Cc1cncc2cccc([C@H](Nc3cc(C#N)c4ncc(C#N)c(NCC(C)(C)C)c4c3)C3=CN(C4(C(F)(F)F)CC4)NN3)c12.